The van der Waals surface area contributed by atoms with Crippen LogP contribution in [0.2, 0.25) is 0 Å². The standard InChI is InChI=1S/C17H19IO/c1-14(18)10-11-15-8-5-9-17(12-15)19-13-16-6-3-2-4-7-16/h2-9,12,14H,10-11,13H2,1H3. The van der Waals surface area contributed by atoms with E-state index in [2.05, 4.69) is 59.8 Å². The first-order chi connectivity index (χ1) is 9.24. The third-order valence-corrected chi connectivity index (χ3v) is 3.60. The largest absolute Gasteiger partial charge is 0.489 e. The lowest BCUT2D eigenvalue weighted by Crippen LogP contribution is -1.97. The Morgan fingerprint density at radius 2 is 1.74 bits per heavy atom. The maximum absolute atomic E-state index is 5.84. The van der Waals surface area contributed by atoms with Crippen LogP contribution < -0.4 is 4.74 Å². The third kappa shape index (κ3) is 5.23. The first-order valence-corrected chi connectivity index (χ1v) is 7.88. The van der Waals surface area contributed by atoms with Crippen LogP contribution in [0.5, 0.6) is 5.75 Å². The minimum Gasteiger partial charge on any atom is -0.489 e. The van der Waals surface area contributed by atoms with Crippen molar-refractivity contribution < 1.29 is 4.74 Å². The van der Waals surface area contributed by atoms with Crippen LogP contribution in [0.4, 0.5) is 0 Å². The highest BCUT2D eigenvalue weighted by Crippen LogP contribution is 2.18. The SMILES string of the molecule is CC(I)CCc1cccc(OCc2ccccc2)c1. The Morgan fingerprint density at radius 1 is 1.00 bits per heavy atom. The van der Waals surface area contributed by atoms with Gasteiger partial charge >= 0.3 is 0 Å². The minimum atomic E-state index is 0.632. The Kier molecular flexibility index (Phi) is 5.70. The molecule has 0 amide bonds. The smallest absolute Gasteiger partial charge is 0.120 e. The van der Waals surface area contributed by atoms with Gasteiger partial charge in [-0.2, -0.15) is 0 Å². The van der Waals surface area contributed by atoms with Gasteiger partial charge in [-0.3, -0.25) is 0 Å². The van der Waals surface area contributed by atoms with Gasteiger partial charge in [0.1, 0.15) is 12.4 Å². The van der Waals surface area contributed by atoms with Crippen molar-refractivity contribution in [2.45, 2.75) is 30.3 Å². The molecule has 0 saturated heterocycles. The van der Waals surface area contributed by atoms with Crippen molar-refractivity contribution in [1.82, 2.24) is 0 Å². The lowest BCUT2D eigenvalue weighted by atomic mass is 10.1. The highest BCUT2D eigenvalue weighted by atomic mass is 127. The average molecular weight is 366 g/mol. The van der Waals surface area contributed by atoms with Crippen LogP contribution in [0.3, 0.4) is 0 Å². The zero-order valence-corrected chi connectivity index (χ0v) is 13.3. The molecule has 0 aliphatic rings. The maximum atomic E-state index is 5.84. The van der Waals surface area contributed by atoms with Gasteiger partial charge in [-0.1, -0.05) is 72.0 Å². The highest BCUT2D eigenvalue weighted by Gasteiger charge is 2.00. The van der Waals surface area contributed by atoms with Crippen molar-refractivity contribution in [3.63, 3.8) is 0 Å². The van der Waals surface area contributed by atoms with E-state index >= 15 is 0 Å². The van der Waals surface area contributed by atoms with Gasteiger partial charge in [-0.15, -0.1) is 0 Å². The maximum Gasteiger partial charge on any atom is 0.120 e. The minimum absolute atomic E-state index is 0.632. The second-order valence-corrected chi connectivity index (χ2v) is 6.87. The number of rotatable bonds is 6. The van der Waals surface area contributed by atoms with E-state index in [9.17, 15) is 0 Å². The summed E-state index contributed by atoms with van der Waals surface area (Å²) in [5.74, 6) is 0.961. The van der Waals surface area contributed by atoms with Crippen LogP contribution in [-0.4, -0.2) is 3.92 Å². The van der Waals surface area contributed by atoms with Crippen LogP contribution >= 0.6 is 22.6 Å². The Bertz CT molecular complexity index is 494. The molecule has 0 aliphatic heterocycles. The lowest BCUT2D eigenvalue weighted by molar-refractivity contribution is 0.306. The lowest BCUT2D eigenvalue weighted by Gasteiger charge is -2.09. The summed E-state index contributed by atoms with van der Waals surface area (Å²) in [5.41, 5.74) is 2.56. The Balaban J connectivity index is 1.91. The molecule has 0 aromatic heterocycles. The van der Waals surface area contributed by atoms with Crippen molar-refractivity contribution >= 4 is 22.6 Å². The molecule has 0 spiro atoms. The van der Waals surface area contributed by atoms with Gasteiger partial charge < -0.3 is 4.74 Å². The van der Waals surface area contributed by atoms with Crippen molar-refractivity contribution in [2.75, 3.05) is 0 Å². The summed E-state index contributed by atoms with van der Waals surface area (Å²) < 4.78 is 6.55. The van der Waals surface area contributed by atoms with Gasteiger partial charge in [0.25, 0.3) is 0 Å². The summed E-state index contributed by atoms with van der Waals surface area (Å²) >= 11 is 2.47. The summed E-state index contributed by atoms with van der Waals surface area (Å²) in [6.07, 6.45) is 2.33. The summed E-state index contributed by atoms with van der Waals surface area (Å²) in [6.45, 7) is 2.88. The van der Waals surface area contributed by atoms with Crippen LogP contribution in [0.15, 0.2) is 54.6 Å². The molecule has 0 radical (unpaired) electrons. The van der Waals surface area contributed by atoms with E-state index in [0.717, 1.165) is 12.2 Å². The second-order valence-electron chi connectivity index (χ2n) is 4.74. The van der Waals surface area contributed by atoms with Gasteiger partial charge in [0.15, 0.2) is 0 Å². The summed E-state index contributed by atoms with van der Waals surface area (Å²) in [4.78, 5) is 0. The molecule has 1 atom stereocenters. The molecule has 0 aliphatic carbocycles. The fourth-order valence-electron chi connectivity index (χ4n) is 1.90. The zero-order valence-electron chi connectivity index (χ0n) is 11.2. The molecule has 1 unspecified atom stereocenters. The molecule has 0 heterocycles. The second kappa shape index (κ2) is 7.53. The van der Waals surface area contributed by atoms with Crippen molar-refractivity contribution in [1.29, 1.82) is 0 Å². The van der Waals surface area contributed by atoms with Gasteiger partial charge in [0.05, 0.1) is 0 Å². The summed E-state index contributed by atoms with van der Waals surface area (Å²) in [7, 11) is 0. The van der Waals surface area contributed by atoms with Gasteiger partial charge in [-0.05, 0) is 36.1 Å². The highest BCUT2D eigenvalue weighted by molar-refractivity contribution is 14.1. The van der Waals surface area contributed by atoms with E-state index in [0.29, 0.717) is 10.5 Å². The predicted octanol–water partition coefficient (Wildman–Crippen LogP) is 5.02. The number of ether oxygens (including phenoxy) is 1. The van der Waals surface area contributed by atoms with Crippen LogP contribution in [0.25, 0.3) is 0 Å². The molecule has 0 N–H and O–H groups in total. The molecule has 0 bridgehead atoms. The van der Waals surface area contributed by atoms with E-state index in [-0.39, 0.29) is 0 Å². The van der Waals surface area contributed by atoms with Crippen LogP contribution in [0.1, 0.15) is 24.5 Å². The zero-order chi connectivity index (χ0) is 13.5. The first kappa shape index (κ1) is 14.4. The molecule has 19 heavy (non-hydrogen) atoms. The van der Waals surface area contributed by atoms with Gasteiger partial charge in [0.2, 0.25) is 0 Å². The summed E-state index contributed by atoms with van der Waals surface area (Å²) in [6, 6.07) is 18.7. The fraction of sp³-hybridized carbons (Fsp3) is 0.294. The molecular weight excluding hydrogens is 347 g/mol. The average Bonchev–Trinajstić information content (AvgIpc) is 2.44. The van der Waals surface area contributed by atoms with Crippen LogP contribution in [0, 0.1) is 0 Å². The molecule has 2 aromatic carbocycles. The van der Waals surface area contributed by atoms with Gasteiger partial charge in [0, 0.05) is 3.92 Å². The van der Waals surface area contributed by atoms with E-state index in [1.54, 1.807) is 0 Å². The third-order valence-electron chi connectivity index (χ3n) is 2.98. The molecule has 0 saturated carbocycles. The Hall–Kier alpha value is -1.03. The Labute approximate surface area is 129 Å². The fourth-order valence-corrected chi connectivity index (χ4v) is 2.21. The van der Waals surface area contributed by atoms with E-state index < -0.39 is 0 Å². The molecule has 2 aromatic rings. The number of alkyl halides is 1. The van der Waals surface area contributed by atoms with E-state index in [4.69, 9.17) is 4.74 Å². The van der Waals surface area contributed by atoms with E-state index in [1.165, 1.54) is 17.5 Å². The topological polar surface area (TPSA) is 9.23 Å². The molecule has 2 heteroatoms. The number of hydrogen-bond acceptors (Lipinski definition) is 1. The molecule has 2 rings (SSSR count). The quantitative estimate of drug-likeness (QED) is 0.515. The van der Waals surface area contributed by atoms with Crippen LogP contribution in [-0.2, 0) is 13.0 Å². The van der Waals surface area contributed by atoms with E-state index in [1.807, 2.05) is 24.3 Å². The molecule has 100 valence electrons. The summed E-state index contributed by atoms with van der Waals surface area (Å²) in [5, 5.41) is 0. The monoisotopic (exact) mass is 366 g/mol. The van der Waals surface area contributed by atoms with Crippen molar-refractivity contribution in [3.05, 3.63) is 65.7 Å². The molecular formula is C17H19IO. The number of hydrogen-bond donors (Lipinski definition) is 0. The first-order valence-electron chi connectivity index (χ1n) is 6.64. The molecule has 1 nitrogen and oxygen atoms in total. The number of aryl methyl sites for hydroxylation is 1. The number of benzene rings is 2. The van der Waals surface area contributed by atoms with Gasteiger partial charge in [-0.25, -0.2) is 0 Å². The Morgan fingerprint density at radius 3 is 2.47 bits per heavy atom. The number of halogens is 1. The predicted molar refractivity (Wildman–Crippen MR) is 89.0 cm³/mol. The molecule has 0 fully saturated rings. The van der Waals surface area contributed by atoms with Crippen molar-refractivity contribution in [2.24, 2.45) is 0 Å². The van der Waals surface area contributed by atoms with Crippen molar-refractivity contribution in [3.8, 4) is 5.75 Å². The normalized spacial score (nSPS) is 12.1.